The summed E-state index contributed by atoms with van der Waals surface area (Å²) in [5, 5.41) is 15.7. The number of nitrogens with one attached hydrogen (secondary N) is 3. The maximum Gasteiger partial charge on any atom is 0.408 e. The van der Waals surface area contributed by atoms with Crippen LogP contribution in [0, 0.1) is 23.3 Å². The number of nitrogens with two attached hydrogens (primary N) is 1. The summed E-state index contributed by atoms with van der Waals surface area (Å²) in [6, 6.07) is 0.375. The number of amides is 3. The summed E-state index contributed by atoms with van der Waals surface area (Å²) < 4.78 is 73.3. The van der Waals surface area contributed by atoms with Gasteiger partial charge in [-0.05, 0) is 41.5 Å². The van der Waals surface area contributed by atoms with Crippen LogP contribution in [0.15, 0.2) is 24.3 Å². The predicted octanol–water partition coefficient (Wildman–Crippen LogP) is 4.09. The third-order valence-electron chi connectivity index (χ3n) is 5.13. The third kappa shape index (κ3) is 11.9. The molecule has 0 saturated heterocycles. The minimum absolute atomic E-state index is 0.140. The Bertz CT molecular complexity index is 1430. The van der Waals surface area contributed by atoms with Crippen molar-refractivity contribution in [3.05, 3.63) is 47.5 Å². The first-order valence-electron chi connectivity index (χ1n) is 13.2. The Balaban J connectivity index is 0.000000314. The number of aliphatic carboxylic acids is 1. The second kappa shape index (κ2) is 14.7. The summed E-state index contributed by atoms with van der Waals surface area (Å²) >= 11 is 0. The predicted molar refractivity (Wildman–Crippen MR) is 151 cm³/mol. The second-order valence-electron chi connectivity index (χ2n) is 11.4. The molecule has 6 N–H and O–H groups in total. The first-order valence-corrected chi connectivity index (χ1v) is 13.2. The number of carboxylic acids is 1. The molecular weight excluding hydrogens is 612 g/mol. The van der Waals surface area contributed by atoms with Gasteiger partial charge in [-0.2, -0.15) is 0 Å². The molecule has 248 valence electrons. The molecule has 2 aromatic carbocycles. The van der Waals surface area contributed by atoms with Gasteiger partial charge in [-0.25, -0.2) is 31.9 Å². The Kier molecular flexibility index (Phi) is 11.8. The molecule has 45 heavy (non-hydrogen) atoms. The molecule has 2 aromatic rings. The number of anilines is 2. The number of rotatable bonds is 6. The van der Waals surface area contributed by atoms with Crippen LogP contribution in [0.2, 0.25) is 0 Å². The number of carbonyl (C=O) groups is 4. The Labute approximate surface area is 255 Å². The van der Waals surface area contributed by atoms with Crippen LogP contribution in [0.5, 0.6) is 11.5 Å². The fourth-order valence-corrected chi connectivity index (χ4v) is 3.28. The molecule has 0 aromatic heterocycles. The maximum atomic E-state index is 13.7. The topological polar surface area (TPSA) is 188 Å². The quantitative estimate of drug-likeness (QED) is 0.226. The zero-order valence-corrected chi connectivity index (χ0v) is 25.2. The van der Waals surface area contributed by atoms with Crippen molar-refractivity contribution in [2.75, 3.05) is 24.3 Å². The van der Waals surface area contributed by atoms with Crippen LogP contribution in [-0.2, 0) is 19.1 Å². The van der Waals surface area contributed by atoms with E-state index in [1.54, 1.807) is 41.5 Å². The van der Waals surface area contributed by atoms with Gasteiger partial charge in [0.15, 0.2) is 17.7 Å². The zero-order valence-electron chi connectivity index (χ0n) is 25.2. The van der Waals surface area contributed by atoms with E-state index in [4.69, 9.17) is 29.8 Å². The maximum absolute atomic E-state index is 13.7. The third-order valence-corrected chi connectivity index (χ3v) is 5.13. The average molecular weight is 647 g/mol. The second-order valence-corrected chi connectivity index (χ2v) is 11.4. The van der Waals surface area contributed by atoms with Crippen LogP contribution in [0.1, 0.15) is 41.5 Å². The fraction of sp³-hybridized carbons (Fsp3) is 0.429. The molecule has 0 saturated carbocycles. The van der Waals surface area contributed by atoms with Gasteiger partial charge in [0, 0.05) is 24.3 Å². The number of hydrogen-bond acceptors (Lipinski definition) is 9. The summed E-state index contributed by atoms with van der Waals surface area (Å²) in [5.41, 5.74) is 3.10. The molecule has 1 aliphatic heterocycles. The Morgan fingerprint density at radius 3 is 2.11 bits per heavy atom. The van der Waals surface area contributed by atoms with E-state index in [-0.39, 0.29) is 23.8 Å². The number of hydrogen-bond donors (Lipinski definition) is 5. The van der Waals surface area contributed by atoms with Crippen molar-refractivity contribution >= 4 is 35.4 Å². The van der Waals surface area contributed by atoms with Crippen LogP contribution >= 0.6 is 0 Å². The lowest BCUT2D eigenvalue weighted by Gasteiger charge is -2.22. The number of benzene rings is 2. The lowest BCUT2D eigenvalue weighted by Crippen LogP contribution is -2.48. The van der Waals surface area contributed by atoms with Gasteiger partial charge in [0.25, 0.3) is 5.91 Å². The van der Waals surface area contributed by atoms with E-state index in [2.05, 4.69) is 16.0 Å². The highest BCUT2D eigenvalue weighted by molar-refractivity contribution is 5.98. The zero-order chi connectivity index (χ0) is 34.3. The molecular formula is C28H34F4N4O9. The summed E-state index contributed by atoms with van der Waals surface area (Å²) in [5.74, 6) is -6.35. The van der Waals surface area contributed by atoms with E-state index < -0.39 is 82.9 Å². The number of alkyl carbamates (subject to hydrolysis) is 2. The van der Waals surface area contributed by atoms with Crippen molar-refractivity contribution in [2.24, 2.45) is 0 Å². The highest BCUT2D eigenvalue weighted by Crippen LogP contribution is 2.31. The highest BCUT2D eigenvalue weighted by atomic mass is 19.1. The molecule has 17 heteroatoms. The van der Waals surface area contributed by atoms with Crippen molar-refractivity contribution in [1.29, 1.82) is 0 Å². The summed E-state index contributed by atoms with van der Waals surface area (Å²) in [6.45, 7) is 8.96. The number of halogens is 4. The molecule has 2 atom stereocenters. The van der Waals surface area contributed by atoms with E-state index >= 15 is 0 Å². The number of fused-ring (bicyclic) bond motifs is 1. The molecule has 0 fully saturated rings. The van der Waals surface area contributed by atoms with E-state index in [1.165, 1.54) is 0 Å². The van der Waals surface area contributed by atoms with Gasteiger partial charge in [0.2, 0.25) is 0 Å². The van der Waals surface area contributed by atoms with Crippen LogP contribution < -0.4 is 31.2 Å². The first-order chi connectivity index (χ1) is 20.6. The Morgan fingerprint density at radius 1 is 0.978 bits per heavy atom. The molecule has 0 bridgehead atoms. The number of carboxylic acid groups (broad SMARTS) is 1. The van der Waals surface area contributed by atoms with Crippen LogP contribution in [-0.4, -0.2) is 65.7 Å². The Hall–Kier alpha value is -4.96. The van der Waals surface area contributed by atoms with Gasteiger partial charge in [-0.3, -0.25) is 4.79 Å². The van der Waals surface area contributed by atoms with E-state index in [1.807, 2.05) is 0 Å². The normalized spacial score (nSPS) is 15.0. The average Bonchev–Trinajstić information content (AvgIpc) is 3.01. The highest BCUT2D eigenvalue weighted by Gasteiger charge is 2.30. The molecule has 0 spiro atoms. The fourth-order valence-electron chi connectivity index (χ4n) is 3.28. The first kappa shape index (κ1) is 36.2. The number of nitrogen functional groups attached to an aromatic ring is 1. The summed E-state index contributed by atoms with van der Waals surface area (Å²) in [6.07, 6.45) is -1.78. The largest absolute Gasteiger partial charge is 0.488 e. The van der Waals surface area contributed by atoms with Crippen molar-refractivity contribution in [2.45, 2.75) is 64.8 Å². The summed E-state index contributed by atoms with van der Waals surface area (Å²) in [4.78, 5) is 46.3. The minimum Gasteiger partial charge on any atom is -0.488 e. The molecule has 0 unspecified atom stereocenters. The van der Waals surface area contributed by atoms with Gasteiger partial charge in [-0.1, -0.05) is 0 Å². The molecule has 1 aliphatic rings. The van der Waals surface area contributed by atoms with Gasteiger partial charge in [0.1, 0.15) is 65.0 Å². The summed E-state index contributed by atoms with van der Waals surface area (Å²) in [7, 11) is 0. The van der Waals surface area contributed by atoms with Gasteiger partial charge < -0.3 is 45.7 Å². The molecule has 13 nitrogen and oxygen atoms in total. The monoisotopic (exact) mass is 646 g/mol. The van der Waals surface area contributed by atoms with Gasteiger partial charge >= 0.3 is 18.2 Å². The molecule has 3 amide bonds. The SMILES string of the molecule is CC(C)(C)OC(=O)N[C@@H](COc1cc(F)cc(F)c1N)C(=O)O.CC(C)(C)OC(=O)N[C@H]1COc2cc(F)cc(F)c2NC1=O. The van der Waals surface area contributed by atoms with Crippen LogP contribution in [0.3, 0.4) is 0 Å². The van der Waals surface area contributed by atoms with Crippen molar-refractivity contribution < 1.29 is 60.8 Å². The van der Waals surface area contributed by atoms with Gasteiger partial charge in [0.05, 0.1) is 0 Å². The smallest absolute Gasteiger partial charge is 0.408 e. The number of carbonyl (C=O) groups excluding carboxylic acids is 3. The van der Waals surface area contributed by atoms with E-state index in [9.17, 15) is 36.7 Å². The molecule has 0 aliphatic carbocycles. The van der Waals surface area contributed by atoms with E-state index in [0.717, 1.165) is 12.1 Å². The van der Waals surface area contributed by atoms with E-state index in [0.29, 0.717) is 12.1 Å². The molecule has 1 heterocycles. The lowest BCUT2D eigenvalue weighted by atomic mass is 10.2. The van der Waals surface area contributed by atoms with Crippen LogP contribution in [0.4, 0.5) is 38.5 Å². The molecule has 3 rings (SSSR count). The Morgan fingerprint density at radius 2 is 1.53 bits per heavy atom. The standard InChI is InChI=1S/C14H18F2N2O5.C14H16F2N2O4/c1-14(2,3)23-13(21)18-9(12(19)20)6-22-10-5-7(15)4-8(16)11(10)17;1-14(2,3)22-13(20)17-9-6-21-10-5-7(15)4-8(16)11(10)18-12(9)19/h4-5,9H,6,17H2,1-3H3,(H,18,21)(H,19,20);4-5,9H,6H2,1-3H3,(H,17,20)(H,18,19)/t2*9-/m00/s1. The number of ether oxygens (including phenoxy) is 4. The molecule has 0 radical (unpaired) electrons. The van der Waals surface area contributed by atoms with Crippen molar-refractivity contribution in [1.82, 2.24) is 10.6 Å². The van der Waals surface area contributed by atoms with Gasteiger partial charge in [-0.15, -0.1) is 0 Å². The minimum atomic E-state index is -1.49. The van der Waals surface area contributed by atoms with Crippen LogP contribution in [0.25, 0.3) is 0 Å². The lowest BCUT2D eigenvalue weighted by molar-refractivity contribution is -0.140. The van der Waals surface area contributed by atoms with Crippen molar-refractivity contribution in [3.63, 3.8) is 0 Å². The van der Waals surface area contributed by atoms with Crippen molar-refractivity contribution in [3.8, 4) is 11.5 Å².